The van der Waals surface area contributed by atoms with Crippen molar-refractivity contribution in [1.29, 1.82) is 0 Å². The molecule has 0 radical (unpaired) electrons. The Morgan fingerprint density at radius 1 is 0.544 bits per heavy atom. The molecular formula is C49H47ClO7. The van der Waals surface area contributed by atoms with Crippen molar-refractivity contribution in [2.24, 2.45) is 0 Å². The summed E-state index contributed by atoms with van der Waals surface area (Å²) in [4.78, 5) is 29.4. The fraction of sp³-hybridized carbons (Fsp3) is 0.224. The summed E-state index contributed by atoms with van der Waals surface area (Å²) in [6.45, 7) is 2.74. The largest absolute Gasteiger partial charge is 0.494 e. The van der Waals surface area contributed by atoms with Gasteiger partial charge in [-0.15, -0.1) is 0 Å². The summed E-state index contributed by atoms with van der Waals surface area (Å²) in [6.07, 6.45) is -3.21. The van der Waals surface area contributed by atoms with Crippen molar-refractivity contribution in [2.75, 3.05) is 13.2 Å². The van der Waals surface area contributed by atoms with E-state index in [-0.39, 0.29) is 44.6 Å². The van der Waals surface area contributed by atoms with Crippen LogP contribution in [0.3, 0.4) is 0 Å². The molecule has 0 amide bonds. The number of Topliss-reactive ketones (excluding diaryl/α,β-unsaturated/α-hetero) is 2. The van der Waals surface area contributed by atoms with Crippen molar-refractivity contribution in [1.82, 2.24) is 0 Å². The predicted molar refractivity (Wildman–Crippen MR) is 222 cm³/mol. The van der Waals surface area contributed by atoms with Crippen LogP contribution in [0.1, 0.15) is 50.7 Å². The molecule has 8 heteroatoms. The Labute approximate surface area is 340 Å². The molecule has 0 unspecified atom stereocenters. The lowest BCUT2D eigenvalue weighted by Gasteiger charge is -2.32. The van der Waals surface area contributed by atoms with Gasteiger partial charge in [-0.3, -0.25) is 9.59 Å². The third kappa shape index (κ3) is 12.5. The summed E-state index contributed by atoms with van der Waals surface area (Å²) in [6, 6.07) is 51.3. The molecule has 3 atom stereocenters. The minimum absolute atomic E-state index is 0.0825. The number of hydrogen-bond donors (Lipinski definition) is 0. The van der Waals surface area contributed by atoms with Gasteiger partial charge in [0.1, 0.15) is 30.7 Å². The second-order valence-electron chi connectivity index (χ2n) is 13.6. The predicted octanol–water partition coefficient (Wildman–Crippen LogP) is 10.1. The molecule has 0 spiro atoms. The fourth-order valence-corrected chi connectivity index (χ4v) is 6.54. The number of rotatable bonds is 22. The van der Waals surface area contributed by atoms with Gasteiger partial charge in [0.2, 0.25) is 0 Å². The minimum Gasteiger partial charge on any atom is -0.494 e. The Balaban J connectivity index is 1.36. The molecule has 292 valence electrons. The Morgan fingerprint density at radius 2 is 1.04 bits per heavy atom. The quantitative estimate of drug-likeness (QED) is 0.0635. The van der Waals surface area contributed by atoms with Crippen molar-refractivity contribution in [3.05, 3.63) is 208 Å². The van der Waals surface area contributed by atoms with Gasteiger partial charge in [-0.25, -0.2) is 0 Å². The zero-order valence-electron chi connectivity index (χ0n) is 32.0. The summed E-state index contributed by atoms with van der Waals surface area (Å²) in [7, 11) is 0. The number of hydrogen-bond acceptors (Lipinski definition) is 7. The molecule has 0 aromatic heterocycles. The first kappa shape index (κ1) is 41.2. The lowest BCUT2D eigenvalue weighted by molar-refractivity contribution is -0.164. The Bertz CT molecular complexity index is 2110. The van der Waals surface area contributed by atoms with Gasteiger partial charge in [-0.05, 0) is 77.1 Å². The first-order chi connectivity index (χ1) is 28.0. The highest BCUT2D eigenvalue weighted by molar-refractivity contribution is 6.31. The highest BCUT2D eigenvalue weighted by Gasteiger charge is 2.41. The van der Waals surface area contributed by atoms with Crippen LogP contribution in [0.15, 0.2) is 164 Å². The number of carbonyl (C=O) groups is 2. The molecule has 0 saturated carbocycles. The van der Waals surface area contributed by atoms with Gasteiger partial charge in [-0.2, -0.15) is 0 Å². The van der Waals surface area contributed by atoms with E-state index in [1.54, 1.807) is 18.2 Å². The van der Waals surface area contributed by atoms with Gasteiger partial charge in [0.25, 0.3) is 0 Å². The highest BCUT2D eigenvalue weighted by Crippen LogP contribution is 2.27. The highest BCUT2D eigenvalue weighted by atomic mass is 35.5. The van der Waals surface area contributed by atoms with E-state index in [9.17, 15) is 9.59 Å². The average Bonchev–Trinajstić information content (AvgIpc) is 3.25. The first-order valence-electron chi connectivity index (χ1n) is 19.1. The summed E-state index contributed by atoms with van der Waals surface area (Å²) >= 11 is 6.75. The van der Waals surface area contributed by atoms with Gasteiger partial charge in [0.15, 0.2) is 11.6 Å². The van der Waals surface area contributed by atoms with Crippen LogP contribution >= 0.6 is 11.6 Å². The van der Waals surface area contributed by atoms with E-state index in [4.69, 9.17) is 35.3 Å². The molecule has 0 bridgehead atoms. The van der Waals surface area contributed by atoms with Crippen molar-refractivity contribution < 1.29 is 33.3 Å². The standard InChI is InChI=1S/C49H47ClO7/c1-2-54-43-26-23-36(24-27-43)29-42-30-41(25-28-44(42)50)46(52)48(56-33-39-19-11-5-12-20-39)49(57-34-40-21-13-6-14-22-40)47(55-32-38-17-9-4-10-18-38)45(51)35-53-31-37-15-7-3-8-16-37/h3-28,30,47-49H,2,29,31-35H2,1H3/t47-,48+,49+/m1/s1. The molecule has 6 rings (SSSR count). The van der Waals surface area contributed by atoms with Crippen molar-refractivity contribution in [2.45, 2.75) is 58.1 Å². The second-order valence-corrected chi connectivity index (χ2v) is 14.0. The Kier molecular flexibility index (Phi) is 15.7. The van der Waals surface area contributed by atoms with Crippen LogP contribution < -0.4 is 4.74 Å². The van der Waals surface area contributed by atoms with Crippen LogP contribution in [0.4, 0.5) is 0 Å². The first-order valence-corrected chi connectivity index (χ1v) is 19.5. The maximum absolute atomic E-state index is 15.0. The van der Waals surface area contributed by atoms with E-state index in [1.807, 2.05) is 153 Å². The van der Waals surface area contributed by atoms with Gasteiger partial charge < -0.3 is 23.7 Å². The summed E-state index contributed by atoms with van der Waals surface area (Å²) in [5, 5.41) is 0.522. The van der Waals surface area contributed by atoms with Crippen LogP contribution in [0.2, 0.25) is 5.02 Å². The van der Waals surface area contributed by atoms with E-state index in [1.165, 1.54) is 0 Å². The molecule has 0 saturated heterocycles. The van der Waals surface area contributed by atoms with Crippen LogP contribution in [-0.4, -0.2) is 43.1 Å². The molecule has 0 aliphatic carbocycles. The number of ketones is 2. The number of benzene rings is 6. The molecule has 57 heavy (non-hydrogen) atoms. The number of halogens is 1. The molecule has 0 fully saturated rings. The van der Waals surface area contributed by atoms with E-state index in [0.29, 0.717) is 23.6 Å². The molecular weight excluding hydrogens is 736 g/mol. The molecule has 6 aromatic carbocycles. The van der Waals surface area contributed by atoms with Crippen molar-refractivity contribution in [3.8, 4) is 5.75 Å². The molecule has 0 N–H and O–H groups in total. The maximum atomic E-state index is 15.0. The normalized spacial score (nSPS) is 12.7. The number of ether oxygens (including phenoxy) is 5. The van der Waals surface area contributed by atoms with Gasteiger partial charge in [-0.1, -0.05) is 145 Å². The zero-order chi connectivity index (χ0) is 39.7. The Hall–Kier alpha value is -5.41. The van der Waals surface area contributed by atoms with Crippen molar-refractivity contribution >= 4 is 23.2 Å². The fourth-order valence-electron chi connectivity index (χ4n) is 6.36. The average molecular weight is 783 g/mol. The summed E-state index contributed by atoms with van der Waals surface area (Å²) in [5.41, 5.74) is 5.61. The Morgan fingerprint density at radius 3 is 1.56 bits per heavy atom. The van der Waals surface area contributed by atoms with E-state index < -0.39 is 18.3 Å². The van der Waals surface area contributed by atoms with Crippen molar-refractivity contribution in [3.63, 3.8) is 0 Å². The van der Waals surface area contributed by atoms with Gasteiger partial charge in [0.05, 0.1) is 33.0 Å². The molecule has 0 heterocycles. The van der Waals surface area contributed by atoms with E-state index in [2.05, 4.69) is 0 Å². The topological polar surface area (TPSA) is 80.3 Å². The van der Waals surface area contributed by atoms with E-state index >= 15 is 0 Å². The molecule has 0 aliphatic rings. The van der Waals surface area contributed by atoms with E-state index in [0.717, 1.165) is 39.1 Å². The third-order valence-corrected chi connectivity index (χ3v) is 9.69. The molecule has 0 aliphatic heterocycles. The maximum Gasteiger partial charge on any atom is 0.194 e. The van der Waals surface area contributed by atoms with Gasteiger partial charge in [0, 0.05) is 10.6 Å². The SMILES string of the molecule is CCOc1ccc(Cc2cc(C(=O)[C@H](OCc3ccccc3)[C@@H](OCc3ccccc3)[C@H](OCc3ccccc3)C(=O)COCc3ccccc3)ccc2Cl)cc1. The lowest BCUT2D eigenvalue weighted by Crippen LogP contribution is -2.51. The smallest absolute Gasteiger partial charge is 0.194 e. The molecule has 6 aromatic rings. The lowest BCUT2D eigenvalue weighted by atomic mass is 9.94. The monoisotopic (exact) mass is 782 g/mol. The minimum atomic E-state index is -1.27. The van der Waals surface area contributed by atoms with Gasteiger partial charge >= 0.3 is 0 Å². The van der Waals surface area contributed by atoms with Crippen LogP contribution in [0.5, 0.6) is 5.75 Å². The van der Waals surface area contributed by atoms with Crippen LogP contribution in [0.25, 0.3) is 0 Å². The van der Waals surface area contributed by atoms with Crippen LogP contribution in [0, 0.1) is 0 Å². The third-order valence-electron chi connectivity index (χ3n) is 9.32. The zero-order valence-corrected chi connectivity index (χ0v) is 32.8. The second kappa shape index (κ2) is 21.8. The number of carbonyl (C=O) groups excluding carboxylic acids is 2. The van der Waals surface area contributed by atoms with Crippen LogP contribution in [-0.2, 0) is 56.6 Å². The summed E-state index contributed by atoms with van der Waals surface area (Å²) in [5.74, 6) is 0.0218. The molecule has 7 nitrogen and oxygen atoms in total. The summed E-state index contributed by atoms with van der Waals surface area (Å²) < 4.78 is 31.3.